The van der Waals surface area contributed by atoms with Crippen LogP contribution in [0, 0.1) is 0 Å². The van der Waals surface area contributed by atoms with Gasteiger partial charge in [0.2, 0.25) is 5.91 Å². The number of ether oxygens (including phenoxy) is 1. The van der Waals surface area contributed by atoms with Crippen LogP contribution < -0.4 is 15.4 Å². The molecular weight excluding hydrogens is 443 g/mol. The maximum atomic E-state index is 13.5. The van der Waals surface area contributed by atoms with Gasteiger partial charge in [0.1, 0.15) is 11.8 Å². The number of primary amides is 1. The van der Waals surface area contributed by atoms with Crippen LogP contribution in [0.25, 0.3) is 0 Å². The second kappa shape index (κ2) is 8.32. The molecular formula is C22H22F3N3O3S. The van der Waals surface area contributed by atoms with Crippen LogP contribution in [0.15, 0.2) is 35.2 Å². The SMILES string of the molecule is CSc1cc2c(cc1C(F)(F)F)N(C(=O)Oc1cccc3c1CCN(C)C3C(N)=O)CC2. The first-order valence-electron chi connectivity index (χ1n) is 10.0. The Morgan fingerprint density at radius 2 is 1.94 bits per heavy atom. The number of nitrogens with zero attached hydrogens (tertiary/aromatic N) is 2. The summed E-state index contributed by atoms with van der Waals surface area (Å²) in [5.74, 6) is -0.216. The van der Waals surface area contributed by atoms with Gasteiger partial charge in [-0.3, -0.25) is 14.6 Å². The quantitative estimate of drug-likeness (QED) is 0.694. The Labute approximate surface area is 187 Å². The molecule has 2 aliphatic heterocycles. The minimum atomic E-state index is -4.53. The molecule has 2 N–H and O–H groups in total. The van der Waals surface area contributed by atoms with Crippen LogP contribution in [-0.4, -0.2) is 43.3 Å². The molecule has 0 radical (unpaired) electrons. The molecule has 0 saturated carbocycles. The van der Waals surface area contributed by atoms with E-state index in [-0.39, 0.29) is 22.9 Å². The smallest absolute Gasteiger partial charge is 0.410 e. The van der Waals surface area contributed by atoms with Crippen LogP contribution >= 0.6 is 11.8 Å². The predicted octanol–water partition coefficient (Wildman–Crippen LogP) is 4.00. The van der Waals surface area contributed by atoms with E-state index in [0.29, 0.717) is 36.1 Å². The van der Waals surface area contributed by atoms with Crippen LogP contribution in [0.3, 0.4) is 0 Å². The number of hydrogen-bond acceptors (Lipinski definition) is 5. The second-order valence-electron chi connectivity index (χ2n) is 7.81. The zero-order valence-corrected chi connectivity index (χ0v) is 18.3. The van der Waals surface area contributed by atoms with Gasteiger partial charge in [-0.15, -0.1) is 11.8 Å². The van der Waals surface area contributed by atoms with E-state index in [2.05, 4.69) is 0 Å². The van der Waals surface area contributed by atoms with E-state index in [9.17, 15) is 22.8 Å². The van der Waals surface area contributed by atoms with Gasteiger partial charge in [-0.2, -0.15) is 13.2 Å². The maximum Gasteiger partial charge on any atom is 0.419 e. The van der Waals surface area contributed by atoms with Crippen molar-refractivity contribution in [2.45, 2.75) is 30.0 Å². The van der Waals surface area contributed by atoms with Crippen molar-refractivity contribution in [1.29, 1.82) is 0 Å². The molecule has 0 spiro atoms. The highest BCUT2D eigenvalue weighted by Crippen LogP contribution is 2.42. The Kier molecular flexibility index (Phi) is 5.85. The summed E-state index contributed by atoms with van der Waals surface area (Å²) >= 11 is 1.02. The number of likely N-dealkylation sites (N-methyl/N-ethyl adjacent to an activating group) is 1. The van der Waals surface area contributed by atoms with E-state index < -0.39 is 29.8 Å². The Morgan fingerprint density at radius 1 is 1.19 bits per heavy atom. The topological polar surface area (TPSA) is 75.9 Å². The molecule has 2 amide bonds. The van der Waals surface area contributed by atoms with Gasteiger partial charge in [0.05, 0.1) is 11.3 Å². The first-order valence-corrected chi connectivity index (χ1v) is 11.2. The van der Waals surface area contributed by atoms with E-state index >= 15 is 0 Å². The van der Waals surface area contributed by atoms with E-state index in [1.807, 2.05) is 4.90 Å². The fourth-order valence-corrected chi connectivity index (χ4v) is 5.03. The van der Waals surface area contributed by atoms with E-state index in [1.54, 1.807) is 31.5 Å². The molecule has 0 fully saturated rings. The van der Waals surface area contributed by atoms with Gasteiger partial charge in [-0.05, 0) is 55.5 Å². The Hall–Kier alpha value is -2.72. The summed E-state index contributed by atoms with van der Waals surface area (Å²) in [5, 5.41) is 0. The number of carbonyl (C=O) groups is 2. The second-order valence-corrected chi connectivity index (χ2v) is 8.66. The lowest BCUT2D eigenvalue weighted by Crippen LogP contribution is -2.40. The normalized spacial score (nSPS) is 18.3. The zero-order chi connectivity index (χ0) is 23.2. The number of fused-ring (bicyclic) bond motifs is 2. The maximum absolute atomic E-state index is 13.5. The summed E-state index contributed by atoms with van der Waals surface area (Å²) in [4.78, 5) is 28.1. The van der Waals surface area contributed by atoms with Crippen LogP contribution in [0.5, 0.6) is 5.75 Å². The Morgan fingerprint density at radius 3 is 2.59 bits per heavy atom. The monoisotopic (exact) mass is 465 g/mol. The van der Waals surface area contributed by atoms with Crippen LogP contribution in [0.2, 0.25) is 0 Å². The molecule has 32 heavy (non-hydrogen) atoms. The van der Waals surface area contributed by atoms with Crippen molar-refractivity contribution in [2.75, 3.05) is 31.3 Å². The fraction of sp³-hybridized carbons (Fsp3) is 0.364. The zero-order valence-electron chi connectivity index (χ0n) is 17.5. The number of amides is 2. The molecule has 4 rings (SSSR count). The van der Waals surface area contributed by atoms with Gasteiger partial charge < -0.3 is 10.5 Å². The molecule has 0 saturated heterocycles. The number of hydrogen-bond donors (Lipinski definition) is 1. The molecule has 2 aromatic carbocycles. The molecule has 2 heterocycles. The van der Waals surface area contributed by atoms with Crippen molar-refractivity contribution < 1.29 is 27.5 Å². The van der Waals surface area contributed by atoms with Crippen molar-refractivity contribution in [3.8, 4) is 5.75 Å². The summed E-state index contributed by atoms with van der Waals surface area (Å²) in [7, 11) is 1.79. The lowest BCUT2D eigenvalue weighted by atomic mass is 9.92. The largest absolute Gasteiger partial charge is 0.419 e. The Bertz CT molecular complexity index is 1090. The van der Waals surface area contributed by atoms with Crippen molar-refractivity contribution >= 4 is 29.4 Å². The number of thioether (sulfide) groups is 1. The molecule has 1 unspecified atom stereocenters. The summed E-state index contributed by atoms with van der Waals surface area (Å²) in [6, 6.07) is 6.93. The number of anilines is 1. The third-order valence-electron chi connectivity index (χ3n) is 5.91. The molecule has 2 aliphatic rings. The number of benzene rings is 2. The van der Waals surface area contributed by atoms with E-state index in [0.717, 1.165) is 17.8 Å². The number of nitrogens with two attached hydrogens (primary N) is 1. The molecule has 0 aromatic heterocycles. The summed E-state index contributed by atoms with van der Waals surface area (Å²) in [5.41, 5.74) is 7.04. The van der Waals surface area contributed by atoms with Gasteiger partial charge >= 0.3 is 12.3 Å². The molecule has 10 heteroatoms. The molecule has 6 nitrogen and oxygen atoms in total. The predicted molar refractivity (Wildman–Crippen MR) is 115 cm³/mol. The van der Waals surface area contributed by atoms with Gasteiger partial charge in [-0.25, -0.2) is 4.79 Å². The van der Waals surface area contributed by atoms with E-state index in [4.69, 9.17) is 10.5 Å². The van der Waals surface area contributed by atoms with Crippen molar-refractivity contribution in [3.05, 3.63) is 52.6 Å². The average molecular weight is 465 g/mol. The minimum absolute atomic E-state index is 0.130. The minimum Gasteiger partial charge on any atom is -0.410 e. The van der Waals surface area contributed by atoms with Crippen LogP contribution in [0.4, 0.5) is 23.7 Å². The van der Waals surface area contributed by atoms with E-state index in [1.165, 1.54) is 11.0 Å². The first kappa shape index (κ1) is 22.5. The average Bonchev–Trinajstić information content (AvgIpc) is 3.15. The standard InChI is InChI=1S/C22H22F3N3O3S/c1-27-8-7-13-14(19(27)20(26)29)4-3-5-17(13)31-21(30)28-9-6-12-10-18(32-2)15(11-16(12)28)22(23,24)25/h3-5,10-11,19H,6-9H2,1-2H3,(H2,26,29). The van der Waals surface area contributed by atoms with Gasteiger partial charge in [0, 0.05) is 23.5 Å². The van der Waals surface area contributed by atoms with Gasteiger partial charge in [0.25, 0.3) is 0 Å². The first-order chi connectivity index (χ1) is 15.1. The van der Waals surface area contributed by atoms with Crippen molar-refractivity contribution in [2.24, 2.45) is 5.73 Å². The van der Waals surface area contributed by atoms with Gasteiger partial charge in [0.15, 0.2) is 0 Å². The van der Waals surface area contributed by atoms with Crippen molar-refractivity contribution in [1.82, 2.24) is 4.90 Å². The molecule has 0 aliphatic carbocycles. The highest BCUT2D eigenvalue weighted by atomic mass is 32.2. The fourth-order valence-electron chi connectivity index (χ4n) is 4.37. The highest BCUT2D eigenvalue weighted by Gasteiger charge is 2.37. The van der Waals surface area contributed by atoms with Crippen LogP contribution in [-0.2, 0) is 23.8 Å². The number of alkyl halides is 3. The third kappa shape index (κ3) is 3.93. The Balaban J connectivity index is 1.65. The molecule has 1 atom stereocenters. The summed E-state index contributed by atoms with van der Waals surface area (Å²) in [6.45, 7) is 0.777. The molecule has 170 valence electrons. The molecule has 0 bridgehead atoms. The lowest BCUT2D eigenvalue weighted by molar-refractivity contribution is -0.139. The van der Waals surface area contributed by atoms with Crippen molar-refractivity contribution in [3.63, 3.8) is 0 Å². The summed E-state index contributed by atoms with van der Waals surface area (Å²) < 4.78 is 46.2. The molecule has 2 aromatic rings. The van der Waals surface area contributed by atoms with Crippen LogP contribution in [0.1, 0.15) is 28.3 Å². The summed E-state index contributed by atoms with van der Waals surface area (Å²) in [6.07, 6.45) is -2.70. The number of carbonyl (C=O) groups excluding carboxylic acids is 2. The van der Waals surface area contributed by atoms with Gasteiger partial charge in [-0.1, -0.05) is 12.1 Å². The number of rotatable bonds is 3. The third-order valence-corrected chi connectivity index (χ3v) is 6.69. The lowest BCUT2D eigenvalue weighted by Gasteiger charge is -2.33. The number of halogens is 3. The highest BCUT2D eigenvalue weighted by molar-refractivity contribution is 7.98.